The van der Waals surface area contributed by atoms with E-state index in [0.29, 0.717) is 45.4 Å². The number of hydrogen-bond donors (Lipinski definition) is 1. The fourth-order valence-electron chi connectivity index (χ4n) is 3.07. The van der Waals surface area contributed by atoms with E-state index < -0.39 is 5.56 Å². The zero-order chi connectivity index (χ0) is 21.0. The number of benzene rings is 2. The van der Waals surface area contributed by atoms with Crippen molar-refractivity contribution in [2.45, 2.75) is 0 Å². The summed E-state index contributed by atoms with van der Waals surface area (Å²) in [5, 5.41) is 9.58. The Morgan fingerprint density at radius 2 is 1.48 bits per heavy atom. The first-order chi connectivity index (χ1) is 14.1. The molecule has 0 aliphatic carbocycles. The third-order valence-electron chi connectivity index (χ3n) is 4.54. The number of hydrogen-bond acceptors (Lipinski definition) is 6. The number of nitrogens with zero attached hydrogens (tertiary/aromatic N) is 1. The van der Waals surface area contributed by atoms with E-state index in [1.54, 1.807) is 56.7 Å². The Morgan fingerprint density at radius 1 is 0.793 bits per heavy atom. The molecule has 0 saturated carbocycles. The van der Waals surface area contributed by atoms with Gasteiger partial charge in [-0.05, 0) is 42.5 Å². The van der Waals surface area contributed by atoms with E-state index in [2.05, 4.69) is 4.98 Å². The van der Waals surface area contributed by atoms with Crippen LogP contribution in [0.3, 0.4) is 0 Å². The maximum absolute atomic E-state index is 12.7. The van der Waals surface area contributed by atoms with Crippen LogP contribution < -0.4 is 24.5 Å². The smallest absolute Gasteiger partial charge is 0.266 e. The monoisotopic (exact) mass is 392 g/mol. The van der Waals surface area contributed by atoms with Crippen molar-refractivity contribution in [1.82, 2.24) is 4.98 Å². The van der Waals surface area contributed by atoms with E-state index in [0.717, 1.165) is 0 Å². The third kappa shape index (κ3) is 3.73. The highest BCUT2D eigenvalue weighted by atomic mass is 16.5. The van der Waals surface area contributed by atoms with E-state index in [-0.39, 0.29) is 5.56 Å². The fraction of sp³-hybridized carbons (Fsp3) is 0.182. The van der Waals surface area contributed by atoms with Gasteiger partial charge in [0, 0.05) is 22.4 Å². The second-order valence-electron chi connectivity index (χ2n) is 6.05. The van der Waals surface area contributed by atoms with Gasteiger partial charge in [0.15, 0.2) is 11.5 Å². The number of nitriles is 1. The van der Waals surface area contributed by atoms with Crippen molar-refractivity contribution in [3.05, 3.63) is 58.4 Å². The number of aromatic amines is 1. The first-order valence-corrected chi connectivity index (χ1v) is 8.68. The molecule has 1 N–H and O–H groups in total. The predicted octanol–water partition coefficient (Wildman–Crippen LogP) is 3.61. The molecule has 0 saturated heterocycles. The fourth-order valence-corrected chi connectivity index (χ4v) is 3.07. The maximum atomic E-state index is 12.7. The summed E-state index contributed by atoms with van der Waals surface area (Å²) in [6.07, 6.45) is 0. The van der Waals surface area contributed by atoms with Crippen LogP contribution in [0.1, 0.15) is 5.56 Å². The van der Waals surface area contributed by atoms with Gasteiger partial charge in [-0.1, -0.05) is 0 Å². The highest BCUT2D eigenvalue weighted by Crippen LogP contribution is 2.37. The minimum Gasteiger partial charge on any atom is -0.497 e. The Kier molecular flexibility index (Phi) is 5.74. The summed E-state index contributed by atoms with van der Waals surface area (Å²) in [7, 11) is 6.16. The zero-order valence-corrected chi connectivity index (χ0v) is 16.5. The summed E-state index contributed by atoms with van der Waals surface area (Å²) < 4.78 is 21.3. The molecule has 148 valence electrons. The maximum Gasteiger partial charge on any atom is 0.266 e. The molecule has 0 aliphatic heterocycles. The average molecular weight is 392 g/mol. The van der Waals surface area contributed by atoms with Crippen molar-refractivity contribution in [3.8, 4) is 51.5 Å². The summed E-state index contributed by atoms with van der Waals surface area (Å²) in [5.41, 5.74) is 1.73. The van der Waals surface area contributed by atoms with Gasteiger partial charge in [-0.2, -0.15) is 5.26 Å². The van der Waals surface area contributed by atoms with Crippen LogP contribution in [-0.4, -0.2) is 33.4 Å². The molecule has 0 atom stereocenters. The van der Waals surface area contributed by atoms with Gasteiger partial charge in [-0.25, -0.2) is 0 Å². The van der Waals surface area contributed by atoms with E-state index >= 15 is 0 Å². The summed E-state index contributed by atoms with van der Waals surface area (Å²) in [4.78, 5) is 15.4. The molecule has 7 heteroatoms. The van der Waals surface area contributed by atoms with Crippen LogP contribution in [0.15, 0.2) is 47.3 Å². The van der Waals surface area contributed by atoms with E-state index in [1.807, 2.05) is 6.07 Å². The topological polar surface area (TPSA) is 93.6 Å². The van der Waals surface area contributed by atoms with Gasteiger partial charge >= 0.3 is 0 Å². The minimum atomic E-state index is -0.500. The number of methoxy groups -OCH3 is 4. The Hall–Kier alpha value is -3.92. The van der Waals surface area contributed by atoms with Gasteiger partial charge in [-0.3, -0.25) is 4.79 Å². The molecule has 0 bridgehead atoms. The van der Waals surface area contributed by atoms with Crippen LogP contribution >= 0.6 is 0 Å². The van der Waals surface area contributed by atoms with Crippen LogP contribution in [0.4, 0.5) is 0 Å². The second kappa shape index (κ2) is 8.40. The lowest BCUT2D eigenvalue weighted by Gasteiger charge is -2.14. The molecule has 3 rings (SSSR count). The molecule has 2 aromatic carbocycles. The molecule has 0 radical (unpaired) electrons. The van der Waals surface area contributed by atoms with Crippen molar-refractivity contribution in [3.63, 3.8) is 0 Å². The lowest BCUT2D eigenvalue weighted by Crippen LogP contribution is -2.13. The zero-order valence-electron chi connectivity index (χ0n) is 16.5. The van der Waals surface area contributed by atoms with Crippen LogP contribution in [0, 0.1) is 11.3 Å². The highest BCUT2D eigenvalue weighted by Gasteiger charge is 2.17. The van der Waals surface area contributed by atoms with Crippen LogP contribution in [0.25, 0.3) is 22.4 Å². The number of rotatable bonds is 6. The summed E-state index contributed by atoms with van der Waals surface area (Å²) in [6.45, 7) is 0. The van der Waals surface area contributed by atoms with Crippen molar-refractivity contribution in [1.29, 1.82) is 5.26 Å². The molecule has 1 aromatic heterocycles. The molecule has 29 heavy (non-hydrogen) atoms. The Morgan fingerprint density at radius 3 is 2.10 bits per heavy atom. The van der Waals surface area contributed by atoms with Crippen LogP contribution in [-0.2, 0) is 0 Å². The van der Waals surface area contributed by atoms with E-state index in [1.165, 1.54) is 14.2 Å². The molecule has 3 aromatic rings. The van der Waals surface area contributed by atoms with Crippen molar-refractivity contribution >= 4 is 0 Å². The van der Waals surface area contributed by atoms with E-state index in [4.69, 9.17) is 18.9 Å². The molecule has 0 aliphatic rings. The lowest BCUT2D eigenvalue weighted by molar-refractivity contribution is 0.355. The number of aromatic nitrogens is 1. The second-order valence-corrected chi connectivity index (χ2v) is 6.05. The summed E-state index contributed by atoms with van der Waals surface area (Å²) in [6, 6.07) is 14.2. The molecule has 0 fully saturated rings. The molecule has 0 amide bonds. The largest absolute Gasteiger partial charge is 0.497 e. The van der Waals surface area contributed by atoms with Gasteiger partial charge < -0.3 is 23.9 Å². The Balaban J connectivity index is 2.27. The van der Waals surface area contributed by atoms with Gasteiger partial charge in [0.1, 0.15) is 23.1 Å². The summed E-state index contributed by atoms with van der Waals surface area (Å²) >= 11 is 0. The van der Waals surface area contributed by atoms with Crippen molar-refractivity contribution in [2.75, 3.05) is 28.4 Å². The normalized spacial score (nSPS) is 10.2. The lowest BCUT2D eigenvalue weighted by atomic mass is 9.98. The predicted molar refractivity (Wildman–Crippen MR) is 109 cm³/mol. The Labute approximate surface area is 168 Å². The molecular formula is C22H20N2O5. The number of ether oxygens (including phenoxy) is 4. The minimum absolute atomic E-state index is 0.0132. The first-order valence-electron chi connectivity index (χ1n) is 8.68. The van der Waals surface area contributed by atoms with Crippen molar-refractivity contribution in [2.24, 2.45) is 0 Å². The van der Waals surface area contributed by atoms with Crippen molar-refractivity contribution < 1.29 is 18.9 Å². The number of pyridine rings is 1. The average Bonchev–Trinajstić information content (AvgIpc) is 2.77. The summed E-state index contributed by atoms with van der Waals surface area (Å²) in [5.74, 6) is 2.20. The molecular weight excluding hydrogens is 372 g/mol. The molecule has 1 heterocycles. The number of H-pyrrole nitrogens is 1. The first kappa shape index (κ1) is 19.8. The van der Waals surface area contributed by atoms with Gasteiger partial charge in [-0.15, -0.1) is 0 Å². The van der Waals surface area contributed by atoms with Gasteiger partial charge in [0.2, 0.25) is 0 Å². The van der Waals surface area contributed by atoms with E-state index in [9.17, 15) is 10.1 Å². The molecule has 7 nitrogen and oxygen atoms in total. The van der Waals surface area contributed by atoms with Gasteiger partial charge in [0.25, 0.3) is 5.56 Å². The van der Waals surface area contributed by atoms with Crippen LogP contribution in [0.2, 0.25) is 0 Å². The quantitative estimate of drug-likeness (QED) is 0.689. The van der Waals surface area contributed by atoms with Crippen LogP contribution in [0.5, 0.6) is 23.0 Å². The molecule has 0 spiro atoms. The Bertz CT molecular complexity index is 1140. The highest BCUT2D eigenvalue weighted by molar-refractivity contribution is 5.80. The number of nitrogens with one attached hydrogen (secondary N) is 1. The van der Waals surface area contributed by atoms with Gasteiger partial charge in [0.05, 0.1) is 28.4 Å². The molecule has 0 unspecified atom stereocenters. The SMILES string of the molecule is COc1ccc(OC)c(-c2cc(-c3ccc(OC)c(OC)c3)[nH]c(=O)c2C#N)c1. The standard InChI is InChI=1S/C22H20N2O5/c1-26-14-6-8-19(27-2)16(10-14)15-11-18(24-22(25)17(15)12-23)13-5-7-20(28-3)21(9-13)29-4/h5-11H,1-4H3,(H,24,25). The third-order valence-corrected chi connectivity index (χ3v) is 4.54.